The predicted molar refractivity (Wildman–Crippen MR) is 188 cm³/mol. The fraction of sp³-hybridized carbons (Fsp3) is 0. The molecule has 0 aliphatic carbocycles. The van der Waals surface area contributed by atoms with Crippen LogP contribution in [0.4, 0.5) is 17.1 Å². The van der Waals surface area contributed by atoms with E-state index in [1.165, 1.54) is 10.8 Å². The maximum atomic E-state index is 6.60. The Bertz CT molecular complexity index is 2440. The maximum Gasteiger partial charge on any atom is 0.143 e. The summed E-state index contributed by atoms with van der Waals surface area (Å²) in [4.78, 5) is 2.37. The highest BCUT2D eigenvalue weighted by Crippen LogP contribution is 2.48. The van der Waals surface area contributed by atoms with Crippen LogP contribution in [0, 0.1) is 0 Å². The van der Waals surface area contributed by atoms with Gasteiger partial charge in [0.25, 0.3) is 0 Å². The topological polar surface area (TPSA) is 21.3 Å². The lowest BCUT2D eigenvalue weighted by Crippen LogP contribution is -2.10. The number of hydrogen-bond acceptors (Lipinski definition) is 2. The van der Waals surface area contributed by atoms with Crippen molar-refractivity contribution in [3.8, 4) is 16.8 Å². The second-order valence-corrected chi connectivity index (χ2v) is 11.3. The summed E-state index contributed by atoms with van der Waals surface area (Å²) >= 11 is 0. The first-order valence-corrected chi connectivity index (χ1v) is 15.3. The molecule has 0 radical (unpaired) electrons. The van der Waals surface area contributed by atoms with Crippen molar-refractivity contribution >= 4 is 60.8 Å². The van der Waals surface area contributed by atoms with Gasteiger partial charge in [0.15, 0.2) is 0 Å². The van der Waals surface area contributed by atoms with Gasteiger partial charge in [-0.05, 0) is 54.6 Å². The number of rotatable bonds is 5. The molecule has 0 saturated heterocycles. The van der Waals surface area contributed by atoms with E-state index in [-0.39, 0.29) is 0 Å². The third-order valence-corrected chi connectivity index (χ3v) is 8.77. The van der Waals surface area contributed by atoms with Gasteiger partial charge >= 0.3 is 0 Å². The summed E-state index contributed by atoms with van der Waals surface area (Å²) in [5, 5.41) is 4.64. The maximum absolute atomic E-state index is 6.60. The molecule has 2 aromatic heterocycles. The quantitative estimate of drug-likeness (QED) is 0.203. The number of fused-ring (bicyclic) bond motifs is 6. The molecular weight excluding hydrogens is 548 g/mol. The average molecular weight is 577 g/mol. The molecule has 3 heteroatoms. The normalized spacial score (nSPS) is 11.6. The molecule has 0 bridgehead atoms. The lowest BCUT2D eigenvalue weighted by Gasteiger charge is -2.27. The van der Waals surface area contributed by atoms with Crippen LogP contribution in [0.2, 0.25) is 0 Å². The zero-order chi connectivity index (χ0) is 29.7. The van der Waals surface area contributed by atoms with Gasteiger partial charge in [-0.3, -0.25) is 0 Å². The number of para-hydroxylation sites is 6. The van der Waals surface area contributed by atoms with Crippen molar-refractivity contribution < 1.29 is 4.42 Å². The predicted octanol–water partition coefficient (Wildman–Crippen LogP) is 11.8. The Kier molecular flexibility index (Phi) is 5.82. The zero-order valence-electron chi connectivity index (χ0n) is 24.5. The number of furan rings is 1. The van der Waals surface area contributed by atoms with Crippen molar-refractivity contribution in [2.45, 2.75) is 0 Å². The van der Waals surface area contributed by atoms with E-state index in [1.54, 1.807) is 0 Å². The van der Waals surface area contributed by atoms with Crippen molar-refractivity contribution in [2.24, 2.45) is 0 Å². The van der Waals surface area contributed by atoms with Gasteiger partial charge in [-0.1, -0.05) is 115 Å². The summed E-state index contributed by atoms with van der Waals surface area (Å²) in [6, 6.07) is 60.1. The minimum Gasteiger partial charge on any atom is -0.455 e. The van der Waals surface area contributed by atoms with Gasteiger partial charge < -0.3 is 13.9 Å². The van der Waals surface area contributed by atoms with Gasteiger partial charge in [-0.2, -0.15) is 0 Å². The Morgan fingerprint density at radius 1 is 0.444 bits per heavy atom. The minimum absolute atomic E-state index is 0.899. The highest BCUT2D eigenvalue weighted by Gasteiger charge is 2.25. The number of hydrogen-bond donors (Lipinski definition) is 0. The second kappa shape index (κ2) is 10.3. The largest absolute Gasteiger partial charge is 0.455 e. The van der Waals surface area contributed by atoms with Crippen molar-refractivity contribution in [1.29, 1.82) is 0 Å². The summed E-state index contributed by atoms with van der Waals surface area (Å²) in [6.45, 7) is 0. The van der Waals surface area contributed by atoms with Crippen LogP contribution in [-0.4, -0.2) is 4.57 Å². The summed E-state index contributed by atoms with van der Waals surface area (Å²) in [6.07, 6.45) is 0. The van der Waals surface area contributed by atoms with E-state index >= 15 is 0 Å². The molecule has 9 rings (SSSR count). The number of nitrogens with zero attached hydrogens (tertiary/aromatic N) is 2. The van der Waals surface area contributed by atoms with E-state index < -0.39 is 0 Å². The Hall–Kier alpha value is -6.06. The Labute approximate surface area is 260 Å². The Morgan fingerprint density at radius 3 is 1.78 bits per heavy atom. The van der Waals surface area contributed by atoms with Crippen LogP contribution in [0.15, 0.2) is 174 Å². The van der Waals surface area contributed by atoms with Crippen LogP contribution in [0.25, 0.3) is 60.6 Å². The van der Waals surface area contributed by atoms with Gasteiger partial charge in [0.05, 0.1) is 16.7 Å². The van der Waals surface area contributed by atoms with E-state index in [0.29, 0.717) is 0 Å². The van der Waals surface area contributed by atoms with Crippen LogP contribution in [0.3, 0.4) is 0 Å². The Morgan fingerprint density at radius 2 is 1.04 bits per heavy atom. The second-order valence-electron chi connectivity index (χ2n) is 11.3. The highest BCUT2D eigenvalue weighted by molar-refractivity contribution is 6.22. The zero-order valence-corrected chi connectivity index (χ0v) is 24.5. The molecule has 7 aromatic carbocycles. The van der Waals surface area contributed by atoms with E-state index in [2.05, 4.69) is 173 Å². The third-order valence-electron chi connectivity index (χ3n) is 8.77. The summed E-state index contributed by atoms with van der Waals surface area (Å²) in [5.74, 6) is 0. The van der Waals surface area contributed by atoms with Crippen molar-refractivity contribution in [1.82, 2.24) is 4.57 Å². The smallest absolute Gasteiger partial charge is 0.143 e. The molecule has 0 N–H and O–H groups in total. The fourth-order valence-electron chi connectivity index (χ4n) is 6.87. The monoisotopic (exact) mass is 576 g/mol. The van der Waals surface area contributed by atoms with Crippen molar-refractivity contribution in [3.05, 3.63) is 170 Å². The molecule has 3 nitrogen and oxygen atoms in total. The van der Waals surface area contributed by atoms with E-state index in [9.17, 15) is 0 Å². The fourth-order valence-corrected chi connectivity index (χ4v) is 6.87. The van der Waals surface area contributed by atoms with Gasteiger partial charge in [0.2, 0.25) is 0 Å². The van der Waals surface area contributed by atoms with E-state index in [0.717, 1.165) is 66.8 Å². The van der Waals surface area contributed by atoms with Crippen LogP contribution >= 0.6 is 0 Å². The highest BCUT2D eigenvalue weighted by atomic mass is 16.3. The number of anilines is 3. The van der Waals surface area contributed by atoms with E-state index in [1.807, 2.05) is 6.07 Å². The van der Waals surface area contributed by atoms with Gasteiger partial charge in [0.1, 0.15) is 11.2 Å². The molecule has 0 saturated carbocycles. The molecule has 2 heterocycles. The SMILES string of the molecule is c1ccc(N(c2ccccc2)c2ccc(-c3cccc4c3oc3ccccc34)c3c2c2ccccc2n3-c2ccccc2)cc1. The lowest BCUT2D eigenvalue weighted by molar-refractivity contribution is 0.670. The van der Waals surface area contributed by atoms with Gasteiger partial charge in [-0.25, -0.2) is 0 Å². The molecule has 0 fully saturated rings. The molecule has 0 unspecified atom stereocenters. The standard InChI is InChI=1S/C42H28N2O/c1-4-15-29(16-5-1)43(30-17-6-2-7-18-30)38-28-27-33(35-24-14-23-34-32-21-11-13-26-39(32)45-42(34)35)41-40(38)36-22-10-12-25-37(36)44(41)31-19-8-3-9-20-31/h1-28H. The van der Waals surface area contributed by atoms with Gasteiger partial charge in [-0.15, -0.1) is 0 Å². The van der Waals surface area contributed by atoms with Crippen LogP contribution < -0.4 is 4.90 Å². The first kappa shape index (κ1) is 25.4. The molecule has 0 amide bonds. The Balaban J connectivity index is 1.46. The molecular formula is C42H28N2O. The first-order valence-electron chi connectivity index (χ1n) is 15.3. The molecule has 0 spiro atoms. The summed E-state index contributed by atoms with van der Waals surface area (Å²) < 4.78 is 9.02. The molecule has 0 aliphatic rings. The van der Waals surface area contributed by atoms with Crippen molar-refractivity contribution in [3.63, 3.8) is 0 Å². The minimum atomic E-state index is 0.899. The van der Waals surface area contributed by atoms with Crippen LogP contribution in [0.5, 0.6) is 0 Å². The molecule has 0 aliphatic heterocycles. The summed E-state index contributed by atoms with van der Waals surface area (Å²) in [7, 11) is 0. The first-order chi connectivity index (χ1) is 22.4. The number of aromatic nitrogens is 1. The van der Waals surface area contributed by atoms with Crippen LogP contribution in [0.1, 0.15) is 0 Å². The van der Waals surface area contributed by atoms with Gasteiger partial charge in [0, 0.05) is 49.7 Å². The molecule has 9 aromatic rings. The van der Waals surface area contributed by atoms with Crippen molar-refractivity contribution in [2.75, 3.05) is 4.90 Å². The summed E-state index contributed by atoms with van der Waals surface area (Å²) in [5.41, 5.74) is 10.7. The molecule has 0 atom stereocenters. The number of benzene rings is 7. The third kappa shape index (κ3) is 3.98. The molecule has 45 heavy (non-hydrogen) atoms. The van der Waals surface area contributed by atoms with E-state index in [4.69, 9.17) is 4.42 Å². The van der Waals surface area contributed by atoms with Crippen LogP contribution in [-0.2, 0) is 0 Å². The average Bonchev–Trinajstić information content (AvgIpc) is 3.67. The lowest BCUT2D eigenvalue weighted by atomic mass is 9.97. The molecule has 212 valence electrons.